The number of halogens is 1. The van der Waals surface area contributed by atoms with E-state index in [0.29, 0.717) is 0 Å². The molecule has 9 heteroatoms. The van der Waals surface area contributed by atoms with E-state index in [1.165, 1.54) is 17.6 Å². The molecule has 2 heterocycles. The van der Waals surface area contributed by atoms with Crippen molar-refractivity contribution in [3.05, 3.63) is 18.3 Å². The number of amides is 2. The van der Waals surface area contributed by atoms with Crippen LogP contribution in [0.5, 0.6) is 5.88 Å². The number of nitrogens with zero attached hydrogens (tertiary/aromatic N) is 2. The molecular formula is C8H5FN4O4. The Bertz CT molecular complexity index is 596. The first-order chi connectivity index (χ1) is 8.06. The lowest BCUT2D eigenvalue weighted by atomic mass is 10.4. The van der Waals surface area contributed by atoms with E-state index < -0.39 is 18.3 Å². The Morgan fingerprint density at radius 1 is 1.47 bits per heavy atom. The van der Waals surface area contributed by atoms with Gasteiger partial charge in [0.25, 0.3) is 0 Å². The number of imide groups is 1. The Kier molecular flexibility index (Phi) is 2.57. The predicted octanol–water partition coefficient (Wildman–Crippen LogP) is 0.863. The van der Waals surface area contributed by atoms with E-state index >= 15 is 0 Å². The number of hydrogen-bond acceptors (Lipinski definition) is 5. The van der Waals surface area contributed by atoms with Crippen molar-refractivity contribution in [2.45, 2.75) is 0 Å². The highest BCUT2D eigenvalue weighted by molar-refractivity contribution is 5.89. The quantitative estimate of drug-likeness (QED) is 0.636. The molecule has 3 N–H and O–H groups in total. The van der Waals surface area contributed by atoms with Gasteiger partial charge in [-0.1, -0.05) is 0 Å². The number of aromatic nitrogens is 3. The molecule has 0 aliphatic heterocycles. The van der Waals surface area contributed by atoms with Crippen LogP contribution < -0.4 is 10.1 Å². The van der Waals surface area contributed by atoms with Crippen LogP contribution in [0.4, 0.5) is 14.0 Å². The molecule has 0 atom stereocenters. The molecule has 17 heavy (non-hydrogen) atoms. The molecule has 2 aromatic rings. The summed E-state index contributed by atoms with van der Waals surface area (Å²) in [4.78, 5) is 30.4. The molecule has 2 rings (SSSR count). The van der Waals surface area contributed by atoms with Gasteiger partial charge in [0.15, 0.2) is 0 Å². The van der Waals surface area contributed by atoms with Crippen molar-refractivity contribution in [2.75, 3.05) is 0 Å². The van der Waals surface area contributed by atoms with Crippen molar-refractivity contribution in [1.29, 1.82) is 0 Å². The monoisotopic (exact) mass is 240 g/mol. The van der Waals surface area contributed by atoms with E-state index in [1.807, 2.05) is 0 Å². The molecule has 8 nitrogen and oxygen atoms in total. The van der Waals surface area contributed by atoms with Gasteiger partial charge in [-0.05, 0) is 6.07 Å². The smallest absolute Gasteiger partial charge is 0.423 e. The second kappa shape index (κ2) is 4.04. The average Bonchev–Trinajstić information content (AvgIpc) is 2.63. The molecule has 0 unspecified atom stereocenters. The summed E-state index contributed by atoms with van der Waals surface area (Å²) < 4.78 is 17.5. The van der Waals surface area contributed by atoms with Crippen molar-refractivity contribution in [2.24, 2.45) is 0 Å². The minimum atomic E-state index is -1.59. The second-order valence-electron chi connectivity index (χ2n) is 2.86. The number of carboxylic acid groups (broad SMARTS) is 1. The molecule has 0 radical (unpaired) electrons. The molecule has 0 spiro atoms. The highest BCUT2D eigenvalue weighted by Gasteiger charge is 2.14. The summed E-state index contributed by atoms with van der Waals surface area (Å²) in [6.45, 7) is 0. The molecular weight excluding hydrogens is 235 g/mol. The van der Waals surface area contributed by atoms with Crippen LogP contribution in [-0.4, -0.2) is 32.2 Å². The lowest BCUT2D eigenvalue weighted by Crippen LogP contribution is -2.31. The minimum Gasteiger partial charge on any atom is -0.465 e. The molecule has 2 aromatic heterocycles. The highest BCUT2D eigenvalue weighted by Crippen LogP contribution is 2.20. The fraction of sp³-hybridized carbons (Fsp3) is 0. The summed E-state index contributed by atoms with van der Waals surface area (Å²) in [7, 11) is 0. The zero-order valence-electron chi connectivity index (χ0n) is 8.10. The third-order valence-corrected chi connectivity index (χ3v) is 1.75. The van der Waals surface area contributed by atoms with Gasteiger partial charge < -0.3 is 14.8 Å². The third kappa shape index (κ3) is 2.27. The van der Waals surface area contributed by atoms with Gasteiger partial charge >= 0.3 is 18.3 Å². The summed E-state index contributed by atoms with van der Waals surface area (Å²) in [5.41, 5.74) is 0.135. The van der Waals surface area contributed by atoms with E-state index in [0.717, 1.165) is 0 Å². The van der Waals surface area contributed by atoms with Crippen LogP contribution >= 0.6 is 0 Å². The standard InChI is InChI=1S/C8H5FN4O4/c9-6-11-4-3(1-2-10-4)5(12-6)17-8(16)13-7(14)15/h1-2H,(H,13,16)(H,14,15)(H,10,11,12). The SMILES string of the molecule is O=C(O)NC(=O)Oc1nc(F)nc2[nH]ccc12. The number of carbonyl (C=O) groups excluding carboxylic acids is 1. The maximum atomic E-state index is 12.9. The summed E-state index contributed by atoms with van der Waals surface area (Å²) in [6, 6.07) is 1.46. The summed E-state index contributed by atoms with van der Waals surface area (Å²) in [5, 5.41) is 9.95. The van der Waals surface area contributed by atoms with Gasteiger partial charge in [0.05, 0.1) is 5.39 Å². The first-order valence-electron chi connectivity index (χ1n) is 4.28. The van der Waals surface area contributed by atoms with Crippen molar-refractivity contribution in [1.82, 2.24) is 20.3 Å². The van der Waals surface area contributed by atoms with Crippen molar-refractivity contribution >= 4 is 23.2 Å². The molecule has 0 fully saturated rings. The molecule has 0 saturated carbocycles. The van der Waals surface area contributed by atoms with E-state index in [1.54, 1.807) is 0 Å². The molecule has 2 amide bonds. The lowest BCUT2D eigenvalue weighted by molar-refractivity contribution is 0.177. The highest BCUT2D eigenvalue weighted by atomic mass is 19.1. The number of nitrogens with one attached hydrogen (secondary N) is 2. The molecule has 0 bridgehead atoms. The Morgan fingerprint density at radius 3 is 2.94 bits per heavy atom. The van der Waals surface area contributed by atoms with Crippen LogP contribution in [0, 0.1) is 6.08 Å². The number of rotatable bonds is 1. The second-order valence-corrected chi connectivity index (χ2v) is 2.86. The Balaban J connectivity index is 2.31. The van der Waals surface area contributed by atoms with Crippen LogP contribution in [0.3, 0.4) is 0 Å². The fourth-order valence-electron chi connectivity index (χ4n) is 1.17. The summed E-state index contributed by atoms with van der Waals surface area (Å²) >= 11 is 0. The number of H-pyrrole nitrogens is 1. The van der Waals surface area contributed by atoms with Crippen molar-refractivity contribution in [3.63, 3.8) is 0 Å². The number of hydrogen-bond donors (Lipinski definition) is 3. The van der Waals surface area contributed by atoms with E-state index in [4.69, 9.17) is 5.11 Å². The summed E-state index contributed by atoms with van der Waals surface area (Å²) in [6.07, 6.45) is -2.52. The largest absolute Gasteiger partial charge is 0.465 e. The number of fused-ring (bicyclic) bond motifs is 1. The Hall–Kier alpha value is -2.71. The van der Waals surface area contributed by atoms with Crippen molar-refractivity contribution in [3.8, 4) is 5.88 Å². The summed E-state index contributed by atoms with van der Waals surface area (Å²) in [5.74, 6) is -0.368. The zero-order chi connectivity index (χ0) is 12.4. The third-order valence-electron chi connectivity index (χ3n) is 1.75. The first kappa shape index (κ1) is 10.8. The Labute approximate surface area is 92.4 Å². The number of ether oxygens (including phenoxy) is 1. The van der Waals surface area contributed by atoms with Gasteiger partial charge in [-0.25, -0.2) is 14.9 Å². The van der Waals surface area contributed by atoms with E-state index in [2.05, 4.69) is 19.7 Å². The van der Waals surface area contributed by atoms with Crippen LogP contribution in [0.15, 0.2) is 12.3 Å². The molecule has 0 saturated heterocycles. The predicted molar refractivity (Wildman–Crippen MR) is 51.0 cm³/mol. The molecule has 88 valence electrons. The van der Waals surface area contributed by atoms with E-state index in [-0.39, 0.29) is 16.9 Å². The maximum absolute atomic E-state index is 12.9. The van der Waals surface area contributed by atoms with Gasteiger partial charge in [-0.2, -0.15) is 14.4 Å². The molecule has 0 aliphatic carbocycles. The van der Waals surface area contributed by atoms with Crippen LogP contribution in [0.2, 0.25) is 0 Å². The topological polar surface area (TPSA) is 117 Å². The van der Waals surface area contributed by atoms with Gasteiger partial charge in [0.1, 0.15) is 5.65 Å². The minimum absolute atomic E-state index is 0.135. The van der Waals surface area contributed by atoms with Gasteiger partial charge in [-0.15, -0.1) is 0 Å². The number of aromatic amines is 1. The molecule has 0 aliphatic rings. The molecule has 0 aromatic carbocycles. The van der Waals surface area contributed by atoms with Crippen molar-refractivity contribution < 1.29 is 23.8 Å². The Morgan fingerprint density at radius 2 is 2.24 bits per heavy atom. The van der Waals surface area contributed by atoms with Gasteiger partial charge in [0.2, 0.25) is 5.88 Å². The lowest BCUT2D eigenvalue weighted by Gasteiger charge is -2.03. The average molecular weight is 240 g/mol. The number of carbonyl (C=O) groups is 2. The van der Waals surface area contributed by atoms with Crippen LogP contribution in [0.25, 0.3) is 11.0 Å². The first-order valence-corrected chi connectivity index (χ1v) is 4.28. The fourth-order valence-corrected chi connectivity index (χ4v) is 1.17. The van der Waals surface area contributed by atoms with Crippen LogP contribution in [-0.2, 0) is 0 Å². The van der Waals surface area contributed by atoms with E-state index in [9.17, 15) is 14.0 Å². The maximum Gasteiger partial charge on any atom is 0.423 e. The van der Waals surface area contributed by atoms with Crippen LogP contribution in [0.1, 0.15) is 0 Å². The van der Waals surface area contributed by atoms with Gasteiger partial charge in [0, 0.05) is 6.20 Å². The normalized spacial score (nSPS) is 10.2. The van der Waals surface area contributed by atoms with Gasteiger partial charge in [-0.3, -0.25) is 0 Å². The zero-order valence-corrected chi connectivity index (χ0v) is 8.10.